The van der Waals surface area contributed by atoms with Gasteiger partial charge in [0, 0.05) is 17.9 Å². The van der Waals surface area contributed by atoms with Gasteiger partial charge >= 0.3 is 0 Å². The lowest BCUT2D eigenvalue weighted by molar-refractivity contribution is 0.355. The Morgan fingerprint density at radius 3 is 2.35 bits per heavy atom. The molecule has 0 spiro atoms. The van der Waals surface area contributed by atoms with Crippen molar-refractivity contribution in [3.8, 4) is 11.5 Å². The second-order valence-corrected chi connectivity index (χ2v) is 4.53. The molecule has 90 valence electrons. The summed E-state index contributed by atoms with van der Waals surface area (Å²) >= 11 is 2.22. The monoisotopic (exact) mass is 344 g/mol. The standard InChI is InChI=1S/C12H13IN2O2/c1-4-11-14-8-6-10(17-3)9(16-2)5-7(8)12(13)15-11/h5-6H,4H2,1-3H3. The maximum atomic E-state index is 5.27. The average molecular weight is 344 g/mol. The fourth-order valence-corrected chi connectivity index (χ4v) is 2.33. The normalized spacial score (nSPS) is 10.6. The molecule has 4 nitrogen and oxygen atoms in total. The van der Waals surface area contributed by atoms with Crippen molar-refractivity contribution in [2.24, 2.45) is 0 Å². The number of benzene rings is 1. The minimum Gasteiger partial charge on any atom is -0.493 e. The summed E-state index contributed by atoms with van der Waals surface area (Å²) < 4.78 is 11.5. The maximum Gasteiger partial charge on any atom is 0.162 e. The number of nitrogens with zero attached hydrogens (tertiary/aromatic N) is 2. The molecule has 2 rings (SSSR count). The van der Waals surface area contributed by atoms with Crippen molar-refractivity contribution in [1.29, 1.82) is 0 Å². The average Bonchev–Trinajstić information content (AvgIpc) is 2.36. The van der Waals surface area contributed by atoms with E-state index in [0.29, 0.717) is 11.5 Å². The van der Waals surface area contributed by atoms with E-state index in [1.165, 1.54) is 0 Å². The van der Waals surface area contributed by atoms with Gasteiger partial charge in [-0.3, -0.25) is 0 Å². The minimum absolute atomic E-state index is 0.691. The third kappa shape index (κ3) is 2.29. The van der Waals surface area contributed by atoms with E-state index in [1.54, 1.807) is 14.2 Å². The third-order valence-corrected chi connectivity index (χ3v) is 3.34. The molecule has 0 fully saturated rings. The van der Waals surface area contributed by atoms with Crippen LogP contribution in [0.25, 0.3) is 10.9 Å². The summed E-state index contributed by atoms with van der Waals surface area (Å²) in [6.07, 6.45) is 0.820. The second kappa shape index (κ2) is 5.03. The summed E-state index contributed by atoms with van der Waals surface area (Å²) in [5.41, 5.74) is 0.888. The number of halogens is 1. The van der Waals surface area contributed by atoms with Crippen LogP contribution < -0.4 is 9.47 Å². The molecule has 1 aromatic heterocycles. The Morgan fingerprint density at radius 2 is 1.76 bits per heavy atom. The van der Waals surface area contributed by atoms with Crippen LogP contribution in [0.4, 0.5) is 0 Å². The molecule has 0 unspecified atom stereocenters. The van der Waals surface area contributed by atoms with E-state index in [4.69, 9.17) is 9.47 Å². The molecule has 0 bridgehead atoms. The molecule has 0 aliphatic carbocycles. The van der Waals surface area contributed by atoms with Gasteiger partial charge in [-0.1, -0.05) is 6.92 Å². The summed E-state index contributed by atoms with van der Waals surface area (Å²) in [6.45, 7) is 2.04. The van der Waals surface area contributed by atoms with Crippen molar-refractivity contribution in [3.05, 3.63) is 21.7 Å². The number of fused-ring (bicyclic) bond motifs is 1. The Bertz CT molecular complexity index is 558. The van der Waals surface area contributed by atoms with E-state index < -0.39 is 0 Å². The van der Waals surface area contributed by atoms with Crippen molar-refractivity contribution in [1.82, 2.24) is 9.97 Å². The van der Waals surface area contributed by atoms with Crippen LogP contribution in [0.15, 0.2) is 12.1 Å². The summed E-state index contributed by atoms with van der Waals surface area (Å²) in [7, 11) is 3.24. The molecule has 0 atom stereocenters. The lowest BCUT2D eigenvalue weighted by Gasteiger charge is -2.10. The molecule has 0 aliphatic rings. The van der Waals surface area contributed by atoms with E-state index >= 15 is 0 Å². The molecule has 0 amide bonds. The van der Waals surface area contributed by atoms with E-state index in [2.05, 4.69) is 32.6 Å². The smallest absolute Gasteiger partial charge is 0.162 e. The lowest BCUT2D eigenvalue weighted by atomic mass is 10.2. The van der Waals surface area contributed by atoms with E-state index in [9.17, 15) is 0 Å². The fraction of sp³-hybridized carbons (Fsp3) is 0.333. The van der Waals surface area contributed by atoms with Crippen LogP contribution in [-0.4, -0.2) is 24.2 Å². The molecule has 0 radical (unpaired) electrons. The zero-order valence-corrected chi connectivity index (χ0v) is 12.1. The van der Waals surface area contributed by atoms with E-state index in [-0.39, 0.29) is 0 Å². The van der Waals surface area contributed by atoms with Crippen LogP contribution in [0.3, 0.4) is 0 Å². The van der Waals surface area contributed by atoms with Crippen LogP contribution >= 0.6 is 22.6 Å². The van der Waals surface area contributed by atoms with Crippen molar-refractivity contribution >= 4 is 33.5 Å². The van der Waals surface area contributed by atoms with Crippen LogP contribution in [0.5, 0.6) is 11.5 Å². The first-order chi connectivity index (χ1) is 8.19. The summed E-state index contributed by atoms with van der Waals surface area (Å²) in [5.74, 6) is 2.23. The maximum absolute atomic E-state index is 5.27. The highest BCUT2D eigenvalue weighted by Gasteiger charge is 2.10. The number of hydrogen-bond acceptors (Lipinski definition) is 4. The van der Waals surface area contributed by atoms with Gasteiger partial charge in [-0.25, -0.2) is 9.97 Å². The van der Waals surface area contributed by atoms with Gasteiger partial charge in [0.25, 0.3) is 0 Å². The first kappa shape index (κ1) is 12.3. The molecular weight excluding hydrogens is 331 g/mol. The largest absolute Gasteiger partial charge is 0.493 e. The molecule has 0 saturated carbocycles. The third-order valence-electron chi connectivity index (χ3n) is 2.52. The van der Waals surface area contributed by atoms with Crippen molar-refractivity contribution in [2.75, 3.05) is 14.2 Å². The Hall–Kier alpha value is -1.11. The van der Waals surface area contributed by atoms with Crippen LogP contribution in [0, 0.1) is 3.70 Å². The quantitative estimate of drug-likeness (QED) is 0.635. The van der Waals surface area contributed by atoms with Gasteiger partial charge < -0.3 is 9.47 Å². The van der Waals surface area contributed by atoms with Gasteiger partial charge in [0.1, 0.15) is 9.53 Å². The Labute approximate surface area is 114 Å². The molecule has 0 saturated heterocycles. The van der Waals surface area contributed by atoms with Gasteiger partial charge in [0.05, 0.1) is 19.7 Å². The van der Waals surface area contributed by atoms with Gasteiger partial charge in [0.15, 0.2) is 11.5 Å². The van der Waals surface area contributed by atoms with Crippen LogP contribution in [0.2, 0.25) is 0 Å². The SMILES string of the molecule is CCc1nc(I)c2cc(OC)c(OC)cc2n1. The molecule has 0 aliphatic heterocycles. The van der Waals surface area contributed by atoms with Crippen molar-refractivity contribution in [3.63, 3.8) is 0 Å². The van der Waals surface area contributed by atoms with Crippen molar-refractivity contribution < 1.29 is 9.47 Å². The molecular formula is C12H13IN2O2. The molecule has 2 aromatic rings. The van der Waals surface area contributed by atoms with Gasteiger partial charge in [0.2, 0.25) is 0 Å². The second-order valence-electron chi connectivity index (χ2n) is 3.51. The van der Waals surface area contributed by atoms with Crippen molar-refractivity contribution in [2.45, 2.75) is 13.3 Å². The van der Waals surface area contributed by atoms with E-state index in [0.717, 1.165) is 26.8 Å². The molecule has 5 heteroatoms. The number of rotatable bonds is 3. The van der Waals surface area contributed by atoms with Gasteiger partial charge in [-0.05, 0) is 28.7 Å². The zero-order chi connectivity index (χ0) is 12.4. The first-order valence-electron chi connectivity index (χ1n) is 5.27. The summed E-state index contributed by atoms with van der Waals surface area (Å²) in [6, 6.07) is 3.80. The first-order valence-corrected chi connectivity index (χ1v) is 6.35. The predicted octanol–water partition coefficient (Wildman–Crippen LogP) is 2.81. The zero-order valence-electron chi connectivity index (χ0n) is 9.95. The number of aromatic nitrogens is 2. The fourth-order valence-electron chi connectivity index (χ4n) is 1.62. The summed E-state index contributed by atoms with van der Waals surface area (Å²) in [4.78, 5) is 8.92. The highest BCUT2D eigenvalue weighted by atomic mass is 127. The molecule has 0 N–H and O–H groups in total. The molecule has 1 heterocycles. The van der Waals surface area contributed by atoms with Crippen LogP contribution in [0.1, 0.15) is 12.7 Å². The number of aryl methyl sites for hydroxylation is 1. The van der Waals surface area contributed by atoms with Gasteiger partial charge in [-0.15, -0.1) is 0 Å². The Kier molecular flexibility index (Phi) is 3.66. The highest BCUT2D eigenvalue weighted by molar-refractivity contribution is 14.1. The topological polar surface area (TPSA) is 44.2 Å². The lowest BCUT2D eigenvalue weighted by Crippen LogP contribution is -1.98. The molecule has 17 heavy (non-hydrogen) atoms. The summed E-state index contributed by atoms with van der Waals surface area (Å²) in [5, 5.41) is 0.987. The predicted molar refractivity (Wildman–Crippen MR) is 74.7 cm³/mol. The van der Waals surface area contributed by atoms with E-state index in [1.807, 2.05) is 19.1 Å². The number of hydrogen-bond donors (Lipinski definition) is 0. The number of ether oxygens (including phenoxy) is 2. The Morgan fingerprint density at radius 1 is 1.12 bits per heavy atom. The molecule has 1 aromatic carbocycles. The minimum atomic E-state index is 0.691. The highest BCUT2D eigenvalue weighted by Crippen LogP contribution is 2.32. The number of methoxy groups -OCH3 is 2. The Balaban J connectivity index is 2.73. The van der Waals surface area contributed by atoms with Gasteiger partial charge in [-0.2, -0.15) is 0 Å². The van der Waals surface area contributed by atoms with Crippen LogP contribution in [-0.2, 0) is 6.42 Å².